The normalized spacial score (nSPS) is 16.7. The molecule has 2 aliphatic rings. The molecular weight excluding hydrogens is 410 g/mol. The van der Waals surface area contributed by atoms with Crippen molar-refractivity contribution in [3.8, 4) is 0 Å². The van der Waals surface area contributed by atoms with Gasteiger partial charge in [-0.1, -0.05) is 60.7 Å². The summed E-state index contributed by atoms with van der Waals surface area (Å²) in [7, 11) is 0. The van der Waals surface area contributed by atoms with Crippen LogP contribution in [0.25, 0.3) is 5.57 Å². The van der Waals surface area contributed by atoms with Crippen molar-refractivity contribution in [3.05, 3.63) is 101 Å². The lowest BCUT2D eigenvalue weighted by Gasteiger charge is -2.38. The van der Waals surface area contributed by atoms with Gasteiger partial charge in [0.15, 0.2) is 0 Å². The summed E-state index contributed by atoms with van der Waals surface area (Å²) in [4.78, 5) is 33.0. The van der Waals surface area contributed by atoms with E-state index in [4.69, 9.17) is 0 Å². The van der Waals surface area contributed by atoms with Gasteiger partial charge in [-0.05, 0) is 48.7 Å². The Kier molecular flexibility index (Phi) is 5.47. The van der Waals surface area contributed by atoms with E-state index in [2.05, 4.69) is 41.8 Å². The second-order valence-electron chi connectivity index (χ2n) is 8.56. The maximum absolute atomic E-state index is 13.6. The van der Waals surface area contributed by atoms with E-state index in [1.54, 1.807) is 12.1 Å². The summed E-state index contributed by atoms with van der Waals surface area (Å²) < 4.78 is 0. The SMILES string of the molecule is Cc1cccc(N2CCN(C3=C(c4ccccc4)C(=O)N(c4ccccc4)C3=O)CC2)c1C. The van der Waals surface area contributed by atoms with Gasteiger partial charge in [0, 0.05) is 31.9 Å². The first-order chi connectivity index (χ1) is 16.1. The summed E-state index contributed by atoms with van der Waals surface area (Å²) in [6.45, 7) is 7.24. The Morgan fingerprint density at radius 3 is 1.91 bits per heavy atom. The number of rotatable bonds is 4. The molecule has 33 heavy (non-hydrogen) atoms. The monoisotopic (exact) mass is 437 g/mol. The number of imide groups is 1. The summed E-state index contributed by atoms with van der Waals surface area (Å²) in [6.07, 6.45) is 0. The molecule has 5 rings (SSSR count). The first-order valence-corrected chi connectivity index (χ1v) is 11.4. The highest BCUT2D eigenvalue weighted by Crippen LogP contribution is 2.35. The lowest BCUT2D eigenvalue weighted by atomic mass is 10.0. The van der Waals surface area contributed by atoms with Crippen molar-refractivity contribution in [2.45, 2.75) is 13.8 Å². The Morgan fingerprint density at radius 1 is 0.636 bits per heavy atom. The van der Waals surface area contributed by atoms with E-state index in [1.807, 2.05) is 48.5 Å². The van der Waals surface area contributed by atoms with Crippen molar-refractivity contribution in [1.82, 2.24) is 4.90 Å². The smallest absolute Gasteiger partial charge is 0.282 e. The molecule has 0 N–H and O–H groups in total. The number of benzene rings is 3. The summed E-state index contributed by atoms with van der Waals surface area (Å²) in [5.41, 5.74) is 6.19. The molecule has 3 aromatic carbocycles. The van der Waals surface area contributed by atoms with Crippen LogP contribution < -0.4 is 9.80 Å². The van der Waals surface area contributed by atoms with Crippen LogP contribution in [0.2, 0.25) is 0 Å². The topological polar surface area (TPSA) is 43.9 Å². The van der Waals surface area contributed by atoms with E-state index >= 15 is 0 Å². The van der Waals surface area contributed by atoms with Crippen LogP contribution in [0.15, 0.2) is 84.6 Å². The zero-order chi connectivity index (χ0) is 22.9. The van der Waals surface area contributed by atoms with E-state index in [0.29, 0.717) is 30.0 Å². The number of carbonyl (C=O) groups is 2. The second-order valence-corrected chi connectivity index (χ2v) is 8.56. The zero-order valence-corrected chi connectivity index (χ0v) is 19.0. The van der Waals surface area contributed by atoms with Gasteiger partial charge >= 0.3 is 0 Å². The number of para-hydroxylation sites is 1. The van der Waals surface area contributed by atoms with Gasteiger partial charge in [-0.25, -0.2) is 4.90 Å². The minimum absolute atomic E-state index is 0.245. The third-order valence-electron chi connectivity index (χ3n) is 6.65. The Balaban J connectivity index is 1.48. The number of amides is 2. The first-order valence-electron chi connectivity index (χ1n) is 11.4. The van der Waals surface area contributed by atoms with Crippen LogP contribution in [0.1, 0.15) is 16.7 Å². The minimum Gasteiger partial charge on any atom is -0.368 e. The molecule has 1 fully saturated rings. The van der Waals surface area contributed by atoms with Gasteiger partial charge in [-0.3, -0.25) is 9.59 Å². The molecule has 2 amide bonds. The third-order valence-corrected chi connectivity index (χ3v) is 6.65. The Hall–Kier alpha value is -3.86. The summed E-state index contributed by atoms with van der Waals surface area (Å²) in [5.74, 6) is -0.505. The molecule has 1 saturated heterocycles. The lowest BCUT2D eigenvalue weighted by Crippen LogP contribution is -2.48. The van der Waals surface area contributed by atoms with Crippen molar-refractivity contribution in [2.24, 2.45) is 0 Å². The molecule has 0 radical (unpaired) electrons. The van der Waals surface area contributed by atoms with Gasteiger partial charge in [0.2, 0.25) is 0 Å². The quantitative estimate of drug-likeness (QED) is 0.567. The fraction of sp³-hybridized carbons (Fsp3) is 0.214. The molecule has 0 aromatic heterocycles. The van der Waals surface area contributed by atoms with Gasteiger partial charge in [-0.15, -0.1) is 0 Å². The number of hydrogen-bond acceptors (Lipinski definition) is 4. The molecule has 3 aromatic rings. The number of piperazine rings is 1. The van der Waals surface area contributed by atoms with Gasteiger partial charge in [0.25, 0.3) is 11.8 Å². The highest BCUT2D eigenvalue weighted by Gasteiger charge is 2.43. The highest BCUT2D eigenvalue weighted by molar-refractivity contribution is 6.45. The second kappa shape index (κ2) is 8.58. The van der Waals surface area contributed by atoms with Crippen LogP contribution in [0.5, 0.6) is 0 Å². The Morgan fingerprint density at radius 2 is 1.24 bits per heavy atom. The zero-order valence-electron chi connectivity index (χ0n) is 19.0. The number of nitrogens with zero attached hydrogens (tertiary/aromatic N) is 3. The van der Waals surface area contributed by atoms with Crippen molar-refractivity contribution in [3.63, 3.8) is 0 Å². The first kappa shape index (κ1) is 21.0. The van der Waals surface area contributed by atoms with Crippen molar-refractivity contribution < 1.29 is 9.59 Å². The van der Waals surface area contributed by atoms with Gasteiger partial charge in [0.1, 0.15) is 5.70 Å². The van der Waals surface area contributed by atoms with Crippen LogP contribution in [-0.4, -0.2) is 42.9 Å². The predicted molar refractivity (Wildman–Crippen MR) is 132 cm³/mol. The summed E-state index contributed by atoms with van der Waals surface area (Å²) in [6, 6.07) is 25.1. The molecule has 166 valence electrons. The molecule has 0 bridgehead atoms. The molecule has 0 aliphatic carbocycles. The lowest BCUT2D eigenvalue weighted by molar-refractivity contribution is -0.120. The highest BCUT2D eigenvalue weighted by atomic mass is 16.2. The van der Waals surface area contributed by atoms with Crippen molar-refractivity contribution in [2.75, 3.05) is 36.0 Å². The fourth-order valence-electron chi connectivity index (χ4n) is 4.74. The van der Waals surface area contributed by atoms with Crippen molar-refractivity contribution in [1.29, 1.82) is 0 Å². The molecule has 2 heterocycles. The van der Waals surface area contributed by atoms with Gasteiger partial charge in [0.05, 0.1) is 11.3 Å². The molecule has 0 spiro atoms. The van der Waals surface area contributed by atoms with Gasteiger partial charge in [-0.2, -0.15) is 0 Å². The van der Waals surface area contributed by atoms with E-state index in [9.17, 15) is 9.59 Å². The van der Waals surface area contributed by atoms with Crippen LogP contribution in [0, 0.1) is 13.8 Å². The van der Waals surface area contributed by atoms with E-state index < -0.39 is 0 Å². The fourth-order valence-corrected chi connectivity index (χ4v) is 4.74. The largest absolute Gasteiger partial charge is 0.368 e. The molecule has 0 saturated carbocycles. The standard InChI is InChI=1S/C28H27N3O2/c1-20-10-9-15-24(21(20)2)29-16-18-30(19-17-29)26-25(22-11-5-3-6-12-22)27(32)31(28(26)33)23-13-7-4-8-14-23/h3-15H,16-19H2,1-2H3. The van der Waals surface area contributed by atoms with Crippen LogP contribution >= 0.6 is 0 Å². The van der Waals surface area contributed by atoms with E-state index in [1.165, 1.54) is 21.7 Å². The Labute approximate surface area is 194 Å². The molecule has 0 atom stereocenters. The number of anilines is 2. The van der Waals surface area contributed by atoms with Gasteiger partial charge < -0.3 is 9.80 Å². The van der Waals surface area contributed by atoms with E-state index in [-0.39, 0.29) is 11.8 Å². The maximum Gasteiger partial charge on any atom is 0.282 e. The minimum atomic E-state index is -0.260. The average molecular weight is 438 g/mol. The molecule has 5 heteroatoms. The predicted octanol–water partition coefficient (Wildman–Crippen LogP) is 4.41. The molecular formula is C28H27N3O2. The summed E-state index contributed by atoms with van der Waals surface area (Å²) >= 11 is 0. The van der Waals surface area contributed by atoms with E-state index in [0.717, 1.165) is 18.7 Å². The van der Waals surface area contributed by atoms with Crippen molar-refractivity contribution >= 4 is 28.8 Å². The summed E-state index contributed by atoms with van der Waals surface area (Å²) in [5, 5.41) is 0. The molecule has 2 aliphatic heterocycles. The molecule has 0 unspecified atom stereocenters. The third kappa shape index (κ3) is 3.69. The average Bonchev–Trinajstić information content (AvgIpc) is 3.12. The number of carbonyl (C=O) groups excluding carboxylic acids is 2. The van der Waals surface area contributed by atoms with Crippen LogP contribution in [-0.2, 0) is 9.59 Å². The maximum atomic E-state index is 13.6. The van der Waals surface area contributed by atoms with Crippen LogP contribution in [0.4, 0.5) is 11.4 Å². The molecule has 5 nitrogen and oxygen atoms in total. The number of aryl methyl sites for hydroxylation is 1. The number of hydrogen-bond donors (Lipinski definition) is 0. The Bertz CT molecular complexity index is 1230. The van der Waals surface area contributed by atoms with Crippen LogP contribution in [0.3, 0.4) is 0 Å².